The molecular formula is C11H8Br2N6O4. The van der Waals surface area contributed by atoms with Crippen molar-refractivity contribution >= 4 is 49.9 Å². The van der Waals surface area contributed by atoms with E-state index in [1.807, 2.05) is 0 Å². The summed E-state index contributed by atoms with van der Waals surface area (Å²) in [7, 11) is 0. The van der Waals surface area contributed by atoms with Crippen LogP contribution in [0.3, 0.4) is 0 Å². The van der Waals surface area contributed by atoms with Crippen molar-refractivity contribution in [1.82, 2.24) is 20.2 Å². The number of benzene rings is 1. The molecule has 0 aliphatic heterocycles. The fourth-order valence-corrected chi connectivity index (χ4v) is 2.74. The molecule has 0 radical (unpaired) electrons. The molecule has 0 saturated heterocycles. The Morgan fingerprint density at radius 3 is 2.91 bits per heavy atom. The molecule has 0 unspecified atom stereocenters. The lowest BCUT2D eigenvalue weighted by Gasteiger charge is -2.03. The molecule has 2 N–H and O–H groups in total. The van der Waals surface area contributed by atoms with Crippen molar-refractivity contribution < 1.29 is 14.8 Å². The standard InChI is InChI=1S/C11H8Br2N6O4/c12-7-1-6(10(21)8(13)2-7)3-15-16-9(20)4-18-5-14-11(17-18)19(22)23/h1-3,5,21H,4H2,(H,16,20). The lowest BCUT2D eigenvalue weighted by Crippen LogP contribution is -2.23. The number of hydrazone groups is 1. The van der Waals surface area contributed by atoms with Gasteiger partial charge >= 0.3 is 5.95 Å². The third kappa shape index (κ3) is 4.56. The number of amides is 1. The topological polar surface area (TPSA) is 136 Å². The van der Waals surface area contributed by atoms with Gasteiger partial charge in [-0.1, -0.05) is 20.9 Å². The van der Waals surface area contributed by atoms with Crippen LogP contribution >= 0.6 is 31.9 Å². The summed E-state index contributed by atoms with van der Waals surface area (Å²) in [4.78, 5) is 24.7. The molecule has 1 aromatic carbocycles. The molecular weight excluding hydrogens is 440 g/mol. The Kier molecular flexibility index (Phi) is 5.39. The lowest BCUT2D eigenvalue weighted by molar-refractivity contribution is -0.394. The molecule has 1 amide bonds. The molecule has 1 aromatic heterocycles. The molecule has 23 heavy (non-hydrogen) atoms. The fourth-order valence-electron chi connectivity index (χ4n) is 1.49. The molecule has 2 aromatic rings. The predicted octanol–water partition coefficient (Wildman–Crippen LogP) is 1.57. The number of carbonyl (C=O) groups excluding carboxylic acids is 1. The smallest absolute Gasteiger partial charge is 0.490 e. The van der Waals surface area contributed by atoms with Gasteiger partial charge in [-0.05, 0) is 33.0 Å². The highest BCUT2D eigenvalue weighted by molar-refractivity contribution is 9.11. The van der Waals surface area contributed by atoms with Gasteiger partial charge in [0, 0.05) is 15.1 Å². The third-order valence-corrected chi connectivity index (χ3v) is 3.51. The van der Waals surface area contributed by atoms with Crippen LogP contribution in [0.2, 0.25) is 0 Å². The van der Waals surface area contributed by atoms with Crippen LogP contribution < -0.4 is 5.43 Å². The maximum atomic E-state index is 11.6. The zero-order valence-corrected chi connectivity index (χ0v) is 14.4. The third-order valence-electron chi connectivity index (χ3n) is 2.44. The van der Waals surface area contributed by atoms with E-state index < -0.39 is 16.8 Å². The number of halogens is 2. The largest absolute Gasteiger partial charge is 0.506 e. The number of nitrogens with zero attached hydrogens (tertiary/aromatic N) is 5. The summed E-state index contributed by atoms with van der Waals surface area (Å²) in [6.45, 7) is -0.285. The molecule has 1 heterocycles. The van der Waals surface area contributed by atoms with Gasteiger partial charge in [-0.25, -0.2) is 5.43 Å². The summed E-state index contributed by atoms with van der Waals surface area (Å²) in [6, 6.07) is 3.26. The van der Waals surface area contributed by atoms with Crippen molar-refractivity contribution in [2.45, 2.75) is 6.54 Å². The molecule has 0 atom stereocenters. The van der Waals surface area contributed by atoms with Crippen LogP contribution in [0.1, 0.15) is 5.56 Å². The SMILES string of the molecule is O=C(Cn1cnc([N+](=O)[O-])n1)NN=Cc1cc(Br)cc(Br)c1O. The van der Waals surface area contributed by atoms with Crippen LogP contribution in [0.4, 0.5) is 5.95 Å². The van der Waals surface area contributed by atoms with Gasteiger partial charge in [-0.3, -0.25) is 4.79 Å². The van der Waals surface area contributed by atoms with Crippen LogP contribution in [0.15, 0.2) is 32.5 Å². The molecule has 0 bridgehead atoms. The summed E-state index contributed by atoms with van der Waals surface area (Å²) in [5.41, 5.74) is 2.59. The number of carbonyl (C=O) groups is 1. The Labute approximate surface area is 145 Å². The second-order valence-electron chi connectivity index (χ2n) is 4.12. The minimum Gasteiger partial charge on any atom is -0.506 e. The molecule has 0 saturated carbocycles. The van der Waals surface area contributed by atoms with Gasteiger partial charge in [-0.15, -0.1) is 0 Å². The molecule has 0 fully saturated rings. The first-order valence-corrected chi connectivity index (χ1v) is 7.49. The quantitative estimate of drug-likeness (QED) is 0.405. The van der Waals surface area contributed by atoms with Gasteiger partial charge in [-0.2, -0.15) is 9.78 Å². The van der Waals surface area contributed by atoms with Gasteiger partial charge in [0.1, 0.15) is 12.3 Å². The summed E-state index contributed by atoms with van der Waals surface area (Å²) < 4.78 is 2.19. The maximum absolute atomic E-state index is 11.6. The number of aromatic nitrogens is 3. The highest BCUT2D eigenvalue weighted by atomic mass is 79.9. The number of rotatable bonds is 5. The molecule has 0 aliphatic rings. The van der Waals surface area contributed by atoms with Crippen LogP contribution in [0, 0.1) is 10.1 Å². The normalized spacial score (nSPS) is 10.9. The second kappa shape index (κ2) is 7.28. The lowest BCUT2D eigenvalue weighted by atomic mass is 10.2. The Balaban J connectivity index is 1.97. The first-order valence-electron chi connectivity index (χ1n) is 5.90. The first kappa shape index (κ1) is 17.0. The number of hydrogen-bond donors (Lipinski definition) is 2. The Morgan fingerprint density at radius 2 is 2.26 bits per heavy atom. The van der Waals surface area contributed by atoms with Crippen molar-refractivity contribution in [3.8, 4) is 5.75 Å². The van der Waals surface area contributed by atoms with Gasteiger partial charge in [0.2, 0.25) is 6.33 Å². The zero-order valence-electron chi connectivity index (χ0n) is 11.2. The van der Waals surface area contributed by atoms with Crippen LogP contribution in [0.25, 0.3) is 0 Å². The van der Waals surface area contributed by atoms with Crippen molar-refractivity contribution in [2.75, 3.05) is 0 Å². The van der Waals surface area contributed by atoms with E-state index in [1.54, 1.807) is 12.1 Å². The summed E-state index contributed by atoms with van der Waals surface area (Å²) in [5.74, 6) is -1.18. The van der Waals surface area contributed by atoms with E-state index in [0.717, 1.165) is 11.0 Å². The van der Waals surface area contributed by atoms with E-state index in [4.69, 9.17) is 0 Å². The van der Waals surface area contributed by atoms with Gasteiger partial charge in [0.25, 0.3) is 5.91 Å². The number of phenols is 1. The Bertz CT molecular complexity index is 791. The van der Waals surface area contributed by atoms with Crippen molar-refractivity contribution in [3.05, 3.63) is 43.1 Å². The molecule has 0 aliphatic carbocycles. The fraction of sp³-hybridized carbons (Fsp3) is 0.0909. The van der Waals surface area contributed by atoms with E-state index in [9.17, 15) is 20.0 Å². The number of aromatic hydroxyl groups is 1. The zero-order chi connectivity index (χ0) is 17.0. The van der Waals surface area contributed by atoms with Crippen LogP contribution in [-0.4, -0.2) is 36.9 Å². The van der Waals surface area contributed by atoms with E-state index in [1.165, 1.54) is 6.21 Å². The van der Waals surface area contributed by atoms with Gasteiger partial charge in [0.15, 0.2) is 0 Å². The number of nitro groups is 1. The second-order valence-corrected chi connectivity index (χ2v) is 5.89. The van der Waals surface area contributed by atoms with Crippen molar-refractivity contribution in [3.63, 3.8) is 0 Å². The first-order chi connectivity index (χ1) is 10.9. The van der Waals surface area contributed by atoms with Gasteiger partial charge in [0.05, 0.1) is 10.7 Å². The van der Waals surface area contributed by atoms with Crippen molar-refractivity contribution in [2.24, 2.45) is 5.10 Å². The maximum Gasteiger partial charge on any atom is 0.490 e. The summed E-state index contributed by atoms with van der Waals surface area (Å²) in [5, 5.41) is 27.4. The molecule has 10 nitrogen and oxygen atoms in total. The van der Waals surface area contributed by atoms with E-state index in [-0.39, 0.29) is 12.3 Å². The Morgan fingerprint density at radius 1 is 1.52 bits per heavy atom. The van der Waals surface area contributed by atoms with E-state index >= 15 is 0 Å². The average molecular weight is 448 g/mol. The van der Waals surface area contributed by atoms with Crippen LogP contribution in [0.5, 0.6) is 5.75 Å². The molecule has 12 heteroatoms. The summed E-state index contributed by atoms with van der Waals surface area (Å²) in [6.07, 6.45) is 2.32. The monoisotopic (exact) mass is 446 g/mol. The van der Waals surface area contributed by atoms with Gasteiger partial charge < -0.3 is 15.2 Å². The number of hydrogen-bond acceptors (Lipinski definition) is 7. The summed E-state index contributed by atoms with van der Waals surface area (Å²) >= 11 is 6.44. The predicted molar refractivity (Wildman–Crippen MR) is 85.9 cm³/mol. The van der Waals surface area contributed by atoms with E-state index in [0.29, 0.717) is 14.5 Å². The number of nitrogens with one attached hydrogen (secondary N) is 1. The number of phenolic OH excluding ortho intramolecular Hbond substituents is 1. The molecule has 0 spiro atoms. The minimum atomic E-state index is -0.763. The highest BCUT2D eigenvalue weighted by Gasteiger charge is 2.14. The molecule has 120 valence electrons. The van der Waals surface area contributed by atoms with Crippen molar-refractivity contribution in [1.29, 1.82) is 0 Å². The molecule has 2 rings (SSSR count). The van der Waals surface area contributed by atoms with E-state index in [2.05, 4.69) is 52.5 Å². The average Bonchev–Trinajstić information content (AvgIpc) is 2.92. The van der Waals surface area contributed by atoms with Crippen LogP contribution in [-0.2, 0) is 11.3 Å². The minimum absolute atomic E-state index is 0.0295. The Hall–Kier alpha value is -2.34. The highest BCUT2D eigenvalue weighted by Crippen LogP contribution is 2.30.